The van der Waals surface area contributed by atoms with Gasteiger partial charge < -0.3 is 10.1 Å². The largest absolute Gasteiger partial charge is 0.436 e. The molecule has 1 aromatic heterocycles. The summed E-state index contributed by atoms with van der Waals surface area (Å²) in [6.07, 6.45) is 5.05. The standard InChI is InChI=1S/C17H17FN2O2/c1-19-16(21)13-9-15(18)17(20-10-13)22-14-7-5-12(6-8-14)11-3-2-4-11/h5-11H,2-4H2,1H3,(H,19,21). The maximum atomic E-state index is 13.9. The topological polar surface area (TPSA) is 51.2 Å². The molecule has 0 bridgehead atoms. The van der Waals surface area contributed by atoms with Gasteiger partial charge in [-0.1, -0.05) is 18.6 Å². The Morgan fingerprint density at radius 2 is 2.05 bits per heavy atom. The van der Waals surface area contributed by atoms with Crippen molar-refractivity contribution >= 4 is 5.91 Å². The molecule has 3 rings (SSSR count). The summed E-state index contributed by atoms with van der Waals surface area (Å²) in [6.45, 7) is 0. The van der Waals surface area contributed by atoms with Gasteiger partial charge in [-0.25, -0.2) is 9.37 Å². The van der Waals surface area contributed by atoms with Crippen molar-refractivity contribution in [1.82, 2.24) is 10.3 Å². The van der Waals surface area contributed by atoms with Crippen molar-refractivity contribution in [3.63, 3.8) is 0 Å². The van der Waals surface area contributed by atoms with Crippen molar-refractivity contribution in [1.29, 1.82) is 0 Å². The van der Waals surface area contributed by atoms with Crippen LogP contribution in [0, 0.1) is 5.82 Å². The quantitative estimate of drug-likeness (QED) is 0.938. The molecular formula is C17H17FN2O2. The molecule has 1 heterocycles. The van der Waals surface area contributed by atoms with Gasteiger partial charge in [0.05, 0.1) is 5.56 Å². The lowest BCUT2D eigenvalue weighted by atomic mass is 9.80. The molecule has 0 atom stereocenters. The Bertz CT molecular complexity index is 682. The monoisotopic (exact) mass is 300 g/mol. The maximum absolute atomic E-state index is 13.9. The molecule has 22 heavy (non-hydrogen) atoms. The molecule has 1 amide bonds. The van der Waals surface area contributed by atoms with Gasteiger partial charge >= 0.3 is 0 Å². The zero-order valence-electron chi connectivity index (χ0n) is 12.3. The minimum Gasteiger partial charge on any atom is -0.436 e. The van der Waals surface area contributed by atoms with Crippen LogP contribution in [0.1, 0.15) is 41.1 Å². The predicted octanol–water partition coefficient (Wildman–Crippen LogP) is 3.64. The number of aromatic nitrogens is 1. The highest BCUT2D eigenvalue weighted by Crippen LogP contribution is 2.37. The van der Waals surface area contributed by atoms with Gasteiger partial charge in [-0.2, -0.15) is 0 Å². The molecule has 2 aromatic rings. The van der Waals surface area contributed by atoms with E-state index in [0.717, 1.165) is 6.07 Å². The normalized spacial score (nSPS) is 14.3. The van der Waals surface area contributed by atoms with Crippen LogP contribution in [-0.4, -0.2) is 17.9 Å². The van der Waals surface area contributed by atoms with Crippen molar-refractivity contribution in [2.75, 3.05) is 7.05 Å². The van der Waals surface area contributed by atoms with Crippen molar-refractivity contribution < 1.29 is 13.9 Å². The summed E-state index contributed by atoms with van der Waals surface area (Å²) in [5, 5.41) is 2.42. The van der Waals surface area contributed by atoms with Crippen LogP contribution in [0.2, 0.25) is 0 Å². The highest BCUT2D eigenvalue weighted by atomic mass is 19.1. The Labute approximate surface area is 128 Å². The van der Waals surface area contributed by atoms with Crippen LogP contribution in [0.3, 0.4) is 0 Å². The number of hydrogen-bond donors (Lipinski definition) is 1. The lowest BCUT2D eigenvalue weighted by Gasteiger charge is -2.25. The summed E-state index contributed by atoms with van der Waals surface area (Å²) in [4.78, 5) is 15.3. The second-order valence-electron chi connectivity index (χ2n) is 5.39. The summed E-state index contributed by atoms with van der Waals surface area (Å²) in [5.74, 6) is -0.00562. The van der Waals surface area contributed by atoms with Crippen molar-refractivity contribution in [2.45, 2.75) is 25.2 Å². The van der Waals surface area contributed by atoms with Crippen LogP contribution in [0.25, 0.3) is 0 Å². The molecule has 0 spiro atoms. The average molecular weight is 300 g/mol. The third-order valence-corrected chi connectivity index (χ3v) is 3.97. The van der Waals surface area contributed by atoms with Crippen LogP contribution in [0.15, 0.2) is 36.5 Å². The number of amides is 1. The van der Waals surface area contributed by atoms with E-state index in [2.05, 4.69) is 10.3 Å². The Morgan fingerprint density at radius 3 is 2.59 bits per heavy atom. The second-order valence-corrected chi connectivity index (χ2v) is 5.39. The molecular weight excluding hydrogens is 283 g/mol. The van der Waals surface area contributed by atoms with Crippen LogP contribution in [0.5, 0.6) is 11.6 Å². The molecule has 1 saturated carbocycles. The van der Waals surface area contributed by atoms with Crippen LogP contribution >= 0.6 is 0 Å². The number of benzene rings is 1. The van der Waals surface area contributed by atoms with E-state index in [1.165, 1.54) is 38.1 Å². The molecule has 5 heteroatoms. The van der Waals surface area contributed by atoms with E-state index in [4.69, 9.17) is 4.74 Å². The van der Waals surface area contributed by atoms with Crippen molar-refractivity contribution in [3.8, 4) is 11.6 Å². The molecule has 114 valence electrons. The maximum Gasteiger partial charge on any atom is 0.255 e. The number of halogens is 1. The van der Waals surface area contributed by atoms with Crippen LogP contribution in [0.4, 0.5) is 4.39 Å². The molecule has 0 aliphatic heterocycles. The van der Waals surface area contributed by atoms with Crippen molar-refractivity contribution in [2.24, 2.45) is 0 Å². The molecule has 0 radical (unpaired) electrons. The van der Waals surface area contributed by atoms with E-state index in [-0.39, 0.29) is 17.4 Å². The highest BCUT2D eigenvalue weighted by Gasteiger charge is 2.19. The lowest BCUT2D eigenvalue weighted by Crippen LogP contribution is -2.18. The Hall–Kier alpha value is -2.43. The molecule has 4 nitrogen and oxygen atoms in total. The van der Waals surface area contributed by atoms with Crippen LogP contribution in [-0.2, 0) is 0 Å². The number of pyridine rings is 1. The average Bonchev–Trinajstić information content (AvgIpc) is 2.48. The smallest absolute Gasteiger partial charge is 0.255 e. The summed E-state index contributed by atoms with van der Waals surface area (Å²) in [5.41, 5.74) is 1.45. The predicted molar refractivity (Wildman–Crippen MR) is 80.7 cm³/mol. The first-order chi connectivity index (χ1) is 10.7. The Balaban J connectivity index is 1.73. The number of carbonyl (C=O) groups is 1. The number of rotatable bonds is 4. The summed E-state index contributed by atoms with van der Waals surface area (Å²) in [7, 11) is 1.48. The first kappa shape index (κ1) is 14.5. The van der Waals surface area contributed by atoms with Gasteiger partial charge in [0.25, 0.3) is 11.8 Å². The fourth-order valence-corrected chi connectivity index (χ4v) is 2.43. The molecule has 0 unspecified atom stereocenters. The van der Waals surface area contributed by atoms with Gasteiger partial charge in [-0.3, -0.25) is 4.79 Å². The Morgan fingerprint density at radius 1 is 1.32 bits per heavy atom. The zero-order valence-corrected chi connectivity index (χ0v) is 12.3. The minimum absolute atomic E-state index is 0.135. The van der Waals surface area contributed by atoms with E-state index in [0.29, 0.717) is 11.7 Å². The second kappa shape index (κ2) is 6.13. The number of ether oxygens (including phenoxy) is 1. The summed E-state index contributed by atoms with van der Waals surface area (Å²) < 4.78 is 19.4. The molecule has 1 N–H and O–H groups in total. The molecule has 0 saturated heterocycles. The van der Waals surface area contributed by atoms with Gasteiger partial charge in [-0.15, -0.1) is 0 Å². The van der Waals surface area contributed by atoms with Gasteiger partial charge in [-0.05, 0) is 42.5 Å². The zero-order chi connectivity index (χ0) is 15.5. The summed E-state index contributed by atoms with van der Waals surface area (Å²) in [6, 6.07) is 8.78. The Kier molecular flexibility index (Phi) is 4.04. The highest BCUT2D eigenvalue weighted by molar-refractivity contribution is 5.93. The molecule has 1 fully saturated rings. The van der Waals surface area contributed by atoms with Crippen LogP contribution < -0.4 is 10.1 Å². The fraction of sp³-hybridized carbons (Fsp3) is 0.294. The number of carbonyl (C=O) groups excluding carboxylic acids is 1. The third-order valence-electron chi connectivity index (χ3n) is 3.97. The van der Waals surface area contributed by atoms with E-state index >= 15 is 0 Å². The van der Waals surface area contributed by atoms with Gasteiger partial charge in [0.1, 0.15) is 5.75 Å². The molecule has 1 aliphatic rings. The first-order valence-electron chi connectivity index (χ1n) is 7.33. The van der Waals surface area contributed by atoms with E-state index < -0.39 is 5.82 Å². The van der Waals surface area contributed by atoms with Gasteiger partial charge in [0.15, 0.2) is 5.82 Å². The van der Waals surface area contributed by atoms with E-state index in [1.54, 1.807) is 0 Å². The van der Waals surface area contributed by atoms with E-state index in [9.17, 15) is 9.18 Å². The van der Waals surface area contributed by atoms with Gasteiger partial charge in [0, 0.05) is 13.2 Å². The molecule has 1 aromatic carbocycles. The lowest BCUT2D eigenvalue weighted by molar-refractivity contribution is 0.0962. The number of hydrogen-bond acceptors (Lipinski definition) is 3. The molecule has 1 aliphatic carbocycles. The van der Waals surface area contributed by atoms with E-state index in [1.807, 2.05) is 24.3 Å². The fourth-order valence-electron chi connectivity index (χ4n) is 2.43. The minimum atomic E-state index is -0.663. The third kappa shape index (κ3) is 2.93. The SMILES string of the molecule is CNC(=O)c1cnc(Oc2ccc(C3CCC3)cc2)c(F)c1. The first-order valence-corrected chi connectivity index (χ1v) is 7.33. The van der Waals surface area contributed by atoms with Crippen molar-refractivity contribution in [3.05, 3.63) is 53.5 Å². The van der Waals surface area contributed by atoms with Gasteiger partial charge in [0.2, 0.25) is 0 Å². The number of nitrogens with zero attached hydrogens (tertiary/aromatic N) is 1. The number of nitrogens with one attached hydrogen (secondary N) is 1. The summed E-state index contributed by atoms with van der Waals surface area (Å²) >= 11 is 0.